The van der Waals surface area contributed by atoms with Crippen LogP contribution in [-0.4, -0.2) is 29.8 Å². The molecule has 0 aliphatic rings. The van der Waals surface area contributed by atoms with Crippen LogP contribution in [0.25, 0.3) is 22.0 Å². The average Bonchev–Trinajstić information content (AvgIpc) is 3.33. The number of aromatic nitrogens is 2. The smallest absolute Gasteiger partial charge is 0.305 e. The van der Waals surface area contributed by atoms with E-state index in [1.807, 2.05) is 29.7 Å². The van der Waals surface area contributed by atoms with E-state index in [0.29, 0.717) is 35.5 Å². The van der Waals surface area contributed by atoms with E-state index in [1.54, 1.807) is 19.1 Å². The topological polar surface area (TPSA) is 149 Å². The van der Waals surface area contributed by atoms with E-state index in [-0.39, 0.29) is 17.1 Å². The average molecular weight is 484 g/mol. The quantitative estimate of drug-likeness (QED) is 0.344. The van der Waals surface area contributed by atoms with Gasteiger partial charge in [-0.2, -0.15) is 0 Å². The molecular formula is C23H25N5O5S. The Bertz CT molecular complexity index is 1500. The first-order valence-electron chi connectivity index (χ1n) is 10.8. The molecule has 0 spiro atoms. The fourth-order valence-electron chi connectivity index (χ4n) is 3.86. The normalized spacial score (nSPS) is 11.7. The fraction of sp³-hybridized carbons (Fsp3) is 0.261. The van der Waals surface area contributed by atoms with Crippen molar-refractivity contribution in [2.24, 2.45) is 5.14 Å². The molecule has 0 bridgehead atoms. The first-order valence-corrected chi connectivity index (χ1v) is 12.3. The Morgan fingerprint density at radius 1 is 1.15 bits per heavy atom. The molecule has 2 aromatic heterocycles. The van der Waals surface area contributed by atoms with Crippen molar-refractivity contribution in [3.05, 3.63) is 59.6 Å². The number of para-hydroxylation sites is 1. The van der Waals surface area contributed by atoms with Crippen molar-refractivity contribution >= 4 is 43.8 Å². The number of nitrogens with one attached hydrogen (secondary N) is 2. The number of hydrogen-bond donors (Lipinski definition) is 3. The van der Waals surface area contributed by atoms with Gasteiger partial charge >= 0.3 is 5.91 Å². The van der Waals surface area contributed by atoms with Crippen molar-refractivity contribution in [2.45, 2.75) is 44.6 Å². The van der Waals surface area contributed by atoms with Gasteiger partial charge in [-0.3, -0.25) is 20.4 Å². The maximum absolute atomic E-state index is 12.5. The zero-order valence-electron chi connectivity index (χ0n) is 18.8. The summed E-state index contributed by atoms with van der Waals surface area (Å²) in [6.45, 7) is 4.45. The number of carbonyl (C=O) groups excluding carboxylic acids is 2. The number of nitrogens with zero attached hydrogens (tertiary/aromatic N) is 2. The summed E-state index contributed by atoms with van der Waals surface area (Å²) >= 11 is 0. The Hall–Kier alpha value is -3.70. The van der Waals surface area contributed by atoms with Gasteiger partial charge < -0.3 is 8.98 Å². The third-order valence-corrected chi connectivity index (χ3v) is 6.43. The predicted octanol–water partition coefficient (Wildman–Crippen LogP) is 2.54. The lowest BCUT2D eigenvalue weighted by Crippen LogP contribution is -2.41. The minimum atomic E-state index is -3.85. The molecule has 0 saturated heterocycles. The number of benzene rings is 2. The van der Waals surface area contributed by atoms with Crippen LogP contribution in [-0.2, 0) is 27.8 Å². The number of aryl methyl sites for hydroxylation is 3. The van der Waals surface area contributed by atoms with Gasteiger partial charge in [-0.15, -0.1) is 0 Å². The zero-order valence-corrected chi connectivity index (χ0v) is 19.6. The van der Waals surface area contributed by atoms with Crippen molar-refractivity contribution in [2.75, 3.05) is 0 Å². The molecule has 4 aromatic rings. The minimum absolute atomic E-state index is 0.0194. The second-order valence-electron chi connectivity index (χ2n) is 7.93. The molecule has 34 heavy (non-hydrogen) atoms. The standard InChI is InChI=1S/C23H25N5O5S/c1-3-12-28-18-9-8-15(34(24,31)32)13-17(18)25-20(28)10-11-21(29)26-27-23(30)22-14(2)16-6-4-5-7-19(16)33-22/h4-9,13H,3,10-12H2,1-2H3,(H,26,29)(H,27,30)(H2,24,31,32). The monoisotopic (exact) mass is 483 g/mol. The van der Waals surface area contributed by atoms with Gasteiger partial charge in [-0.05, 0) is 37.6 Å². The number of carbonyl (C=O) groups is 2. The van der Waals surface area contributed by atoms with Crippen LogP contribution < -0.4 is 16.0 Å². The molecule has 0 saturated carbocycles. The predicted molar refractivity (Wildman–Crippen MR) is 126 cm³/mol. The Kier molecular flexibility index (Phi) is 6.40. The van der Waals surface area contributed by atoms with Crippen molar-refractivity contribution in [1.82, 2.24) is 20.4 Å². The molecule has 0 atom stereocenters. The molecule has 11 heteroatoms. The van der Waals surface area contributed by atoms with E-state index in [1.165, 1.54) is 12.1 Å². The first kappa shape index (κ1) is 23.5. The summed E-state index contributed by atoms with van der Waals surface area (Å²) in [5, 5.41) is 6.06. The second kappa shape index (κ2) is 9.27. The van der Waals surface area contributed by atoms with E-state index in [2.05, 4.69) is 15.8 Å². The first-order chi connectivity index (χ1) is 16.2. The SMILES string of the molecule is CCCn1c(CCC(=O)NNC(=O)c2oc3ccccc3c2C)nc2cc(S(N)(=O)=O)ccc21. The van der Waals surface area contributed by atoms with Gasteiger partial charge in [0.15, 0.2) is 5.76 Å². The Balaban J connectivity index is 1.43. The number of rotatable bonds is 7. The molecule has 0 fully saturated rings. The number of imidazole rings is 1. The Labute approximate surface area is 196 Å². The van der Waals surface area contributed by atoms with Gasteiger partial charge in [0.05, 0.1) is 15.9 Å². The maximum Gasteiger partial charge on any atom is 0.305 e. The molecule has 0 unspecified atom stereocenters. The number of hydrazine groups is 1. The van der Waals surface area contributed by atoms with Crippen molar-refractivity contribution in [3.63, 3.8) is 0 Å². The molecule has 4 N–H and O–H groups in total. The van der Waals surface area contributed by atoms with Crippen molar-refractivity contribution < 1.29 is 22.4 Å². The summed E-state index contributed by atoms with van der Waals surface area (Å²) in [6, 6.07) is 11.8. The number of sulfonamides is 1. The van der Waals surface area contributed by atoms with Gasteiger partial charge in [0, 0.05) is 30.3 Å². The molecule has 4 rings (SSSR count). The summed E-state index contributed by atoms with van der Waals surface area (Å²) in [4.78, 5) is 29.4. The van der Waals surface area contributed by atoms with Gasteiger partial charge in [-0.25, -0.2) is 18.5 Å². The highest BCUT2D eigenvalue weighted by Gasteiger charge is 2.19. The second-order valence-corrected chi connectivity index (χ2v) is 9.49. The van der Waals surface area contributed by atoms with Gasteiger partial charge in [0.1, 0.15) is 11.4 Å². The van der Waals surface area contributed by atoms with E-state index in [0.717, 1.165) is 17.3 Å². The van der Waals surface area contributed by atoms with Gasteiger partial charge in [0.25, 0.3) is 0 Å². The number of furan rings is 1. The Morgan fingerprint density at radius 3 is 2.62 bits per heavy atom. The molecule has 2 aromatic carbocycles. The third-order valence-electron chi connectivity index (χ3n) is 5.52. The lowest BCUT2D eigenvalue weighted by Gasteiger charge is -2.09. The summed E-state index contributed by atoms with van der Waals surface area (Å²) in [5.41, 5.74) is 7.33. The molecule has 10 nitrogen and oxygen atoms in total. The van der Waals surface area contributed by atoms with Crippen molar-refractivity contribution in [1.29, 1.82) is 0 Å². The van der Waals surface area contributed by atoms with Gasteiger partial charge in [0.2, 0.25) is 15.9 Å². The Morgan fingerprint density at radius 2 is 1.91 bits per heavy atom. The highest BCUT2D eigenvalue weighted by molar-refractivity contribution is 7.89. The van der Waals surface area contributed by atoms with Crippen LogP contribution in [0.2, 0.25) is 0 Å². The van der Waals surface area contributed by atoms with Crippen LogP contribution in [0.1, 0.15) is 41.7 Å². The lowest BCUT2D eigenvalue weighted by atomic mass is 10.1. The van der Waals surface area contributed by atoms with E-state index < -0.39 is 21.8 Å². The highest BCUT2D eigenvalue weighted by Crippen LogP contribution is 2.25. The maximum atomic E-state index is 12.5. The van der Waals surface area contributed by atoms with Gasteiger partial charge in [-0.1, -0.05) is 25.1 Å². The van der Waals surface area contributed by atoms with E-state index in [9.17, 15) is 18.0 Å². The molecule has 178 valence electrons. The molecule has 0 aliphatic heterocycles. The molecule has 0 aliphatic carbocycles. The number of fused-ring (bicyclic) bond motifs is 2. The molecular weight excluding hydrogens is 458 g/mol. The summed E-state index contributed by atoms with van der Waals surface area (Å²) < 4.78 is 30.9. The molecule has 2 amide bonds. The molecule has 0 radical (unpaired) electrons. The zero-order chi connectivity index (χ0) is 24.5. The van der Waals surface area contributed by atoms with Crippen molar-refractivity contribution in [3.8, 4) is 0 Å². The number of amides is 2. The summed E-state index contributed by atoms with van der Waals surface area (Å²) in [6.07, 6.45) is 1.19. The number of primary sulfonamides is 1. The number of hydrogen-bond acceptors (Lipinski definition) is 6. The van der Waals surface area contributed by atoms with Crippen LogP contribution in [0.15, 0.2) is 51.8 Å². The highest BCUT2D eigenvalue weighted by atomic mass is 32.2. The summed E-state index contributed by atoms with van der Waals surface area (Å²) in [7, 11) is -3.85. The largest absolute Gasteiger partial charge is 0.451 e. The van der Waals surface area contributed by atoms with Crippen LogP contribution in [0.5, 0.6) is 0 Å². The number of nitrogens with two attached hydrogens (primary N) is 1. The van der Waals surface area contributed by atoms with Crippen LogP contribution in [0.4, 0.5) is 0 Å². The molecule has 2 heterocycles. The summed E-state index contributed by atoms with van der Waals surface area (Å²) in [5.74, 6) is -0.173. The van der Waals surface area contributed by atoms with E-state index >= 15 is 0 Å². The third kappa shape index (κ3) is 4.66. The fourth-order valence-corrected chi connectivity index (χ4v) is 4.40. The van der Waals surface area contributed by atoms with Crippen LogP contribution in [0.3, 0.4) is 0 Å². The van der Waals surface area contributed by atoms with Crippen LogP contribution >= 0.6 is 0 Å². The van der Waals surface area contributed by atoms with Crippen LogP contribution in [0, 0.1) is 6.92 Å². The van der Waals surface area contributed by atoms with E-state index in [4.69, 9.17) is 9.56 Å². The minimum Gasteiger partial charge on any atom is -0.451 e. The lowest BCUT2D eigenvalue weighted by molar-refractivity contribution is -0.121.